The van der Waals surface area contributed by atoms with Crippen LogP contribution in [0.4, 0.5) is 0 Å². The van der Waals surface area contributed by atoms with Crippen molar-refractivity contribution in [3.8, 4) is 0 Å². The Morgan fingerprint density at radius 1 is 1.35 bits per heavy atom. The molecule has 0 aromatic carbocycles. The fourth-order valence-electron chi connectivity index (χ4n) is 2.74. The first-order valence-electron chi connectivity index (χ1n) is 7.87. The van der Waals surface area contributed by atoms with Gasteiger partial charge in [0, 0.05) is 19.0 Å². The highest BCUT2D eigenvalue weighted by Gasteiger charge is 2.33. The molecule has 1 atom stereocenters. The van der Waals surface area contributed by atoms with Gasteiger partial charge < -0.3 is 14.7 Å². The summed E-state index contributed by atoms with van der Waals surface area (Å²) in [4.78, 5) is 31.0. The molecule has 128 valence electrons. The number of carbonyl (C=O) groups excluding carboxylic acids is 2. The van der Waals surface area contributed by atoms with Crippen molar-refractivity contribution in [3.05, 3.63) is 15.6 Å². The van der Waals surface area contributed by atoms with Crippen molar-refractivity contribution in [2.24, 2.45) is 5.92 Å². The number of aryl methyl sites for hydroxylation is 1. The topological polar surface area (TPSA) is 79.7 Å². The number of likely N-dealkylation sites (tertiary alicyclic amines) is 1. The average Bonchev–Trinajstić information content (AvgIpc) is 2.95. The number of methoxy groups -OCH3 is 1. The highest BCUT2D eigenvalue weighted by Crippen LogP contribution is 2.28. The molecule has 1 aliphatic heterocycles. The summed E-state index contributed by atoms with van der Waals surface area (Å²) in [7, 11) is 1.27. The maximum absolute atomic E-state index is 12.7. The Bertz CT molecular complexity index is 577. The molecule has 0 spiro atoms. The van der Waals surface area contributed by atoms with Crippen molar-refractivity contribution >= 4 is 23.2 Å². The minimum Gasteiger partial charge on any atom is -0.467 e. The number of carbonyl (C=O) groups is 2. The van der Waals surface area contributed by atoms with Crippen molar-refractivity contribution in [1.82, 2.24) is 9.88 Å². The van der Waals surface area contributed by atoms with Gasteiger partial charge in [-0.3, -0.25) is 4.79 Å². The normalized spacial score (nSPS) is 17.4. The third-order valence-corrected chi connectivity index (χ3v) is 5.66. The van der Waals surface area contributed by atoms with E-state index in [1.807, 2.05) is 6.92 Å². The number of nitrogens with zero attached hydrogens (tertiary/aromatic N) is 2. The number of aliphatic hydroxyl groups excluding tert-OH is 1. The molecule has 0 unspecified atom stereocenters. The first-order chi connectivity index (χ1) is 10.8. The lowest BCUT2D eigenvalue weighted by molar-refractivity contribution is -0.154. The highest BCUT2D eigenvalue weighted by atomic mass is 32.1. The standard InChI is InChI=1S/C16H24N2O4S/c1-9(2)14-17-10(3)13(23-14)15(20)18-7-5-11(6-8-18)12(19)16(21)22-4/h9,11-12,19H,5-8H2,1-4H3/t12-/m0/s1. The van der Waals surface area contributed by atoms with E-state index in [0.29, 0.717) is 36.7 Å². The van der Waals surface area contributed by atoms with Gasteiger partial charge >= 0.3 is 5.97 Å². The lowest BCUT2D eigenvalue weighted by Crippen LogP contribution is -2.43. The lowest BCUT2D eigenvalue weighted by Gasteiger charge is -2.33. The summed E-state index contributed by atoms with van der Waals surface area (Å²) in [6.07, 6.45) is 0.0864. The van der Waals surface area contributed by atoms with Gasteiger partial charge in [0.1, 0.15) is 4.88 Å². The molecular formula is C16H24N2O4S. The Kier molecular flexibility index (Phi) is 5.75. The molecule has 2 heterocycles. The zero-order chi connectivity index (χ0) is 17.1. The van der Waals surface area contributed by atoms with Crippen molar-refractivity contribution in [3.63, 3.8) is 0 Å². The van der Waals surface area contributed by atoms with Crippen LogP contribution >= 0.6 is 11.3 Å². The molecule has 6 nitrogen and oxygen atoms in total. The van der Waals surface area contributed by atoms with E-state index in [4.69, 9.17) is 0 Å². The number of piperidine rings is 1. The number of thiazole rings is 1. The van der Waals surface area contributed by atoms with Gasteiger partial charge in [-0.15, -0.1) is 11.3 Å². The molecule has 2 rings (SSSR count). The Balaban J connectivity index is 2.00. The largest absolute Gasteiger partial charge is 0.467 e. The van der Waals surface area contributed by atoms with Crippen molar-refractivity contribution in [2.75, 3.05) is 20.2 Å². The summed E-state index contributed by atoms with van der Waals surface area (Å²) in [6, 6.07) is 0. The van der Waals surface area contributed by atoms with E-state index in [1.165, 1.54) is 18.4 Å². The Hall–Kier alpha value is -1.47. The van der Waals surface area contributed by atoms with Gasteiger partial charge in [-0.2, -0.15) is 0 Å². The van der Waals surface area contributed by atoms with Gasteiger partial charge in [-0.25, -0.2) is 9.78 Å². The zero-order valence-electron chi connectivity index (χ0n) is 14.0. The third-order valence-electron chi connectivity index (χ3n) is 4.22. The molecule has 7 heteroatoms. The number of ether oxygens (including phenoxy) is 1. The number of esters is 1. The van der Waals surface area contributed by atoms with Gasteiger partial charge in [0.2, 0.25) is 0 Å². The molecular weight excluding hydrogens is 316 g/mol. The zero-order valence-corrected chi connectivity index (χ0v) is 14.9. The number of amides is 1. The van der Waals surface area contributed by atoms with Crippen molar-refractivity contribution in [2.45, 2.75) is 45.6 Å². The number of hydrogen-bond donors (Lipinski definition) is 1. The van der Waals surface area contributed by atoms with E-state index in [9.17, 15) is 14.7 Å². The van der Waals surface area contributed by atoms with Gasteiger partial charge in [0.05, 0.1) is 17.8 Å². The van der Waals surface area contributed by atoms with E-state index in [0.717, 1.165) is 10.7 Å². The summed E-state index contributed by atoms with van der Waals surface area (Å²) in [5, 5.41) is 10.9. The van der Waals surface area contributed by atoms with Crippen LogP contribution in [0.15, 0.2) is 0 Å². The van der Waals surface area contributed by atoms with Crippen LogP contribution in [0.1, 0.15) is 53.0 Å². The van der Waals surface area contributed by atoms with Gasteiger partial charge in [0.15, 0.2) is 6.10 Å². The molecule has 0 saturated carbocycles. The SMILES string of the molecule is COC(=O)[C@@H](O)C1CCN(C(=O)c2sc(C(C)C)nc2C)CC1. The second-order valence-electron chi connectivity index (χ2n) is 6.22. The third kappa shape index (κ3) is 3.90. The van der Waals surface area contributed by atoms with E-state index in [2.05, 4.69) is 23.6 Å². The summed E-state index contributed by atoms with van der Waals surface area (Å²) in [5.74, 6) is -0.450. The van der Waals surface area contributed by atoms with Gasteiger partial charge in [0.25, 0.3) is 5.91 Å². The molecule has 1 amide bonds. The predicted octanol–water partition coefficient (Wildman–Crippen LogP) is 1.96. The first-order valence-corrected chi connectivity index (χ1v) is 8.69. The quantitative estimate of drug-likeness (QED) is 0.848. The minimum absolute atomic E-state index is 0.00194. The number of aliphatic hydroxyl groups is 1. The molecule has 0 radical (unpaired) electrons. The van der Waals surface area contributed by atoms with Gasteiger partial charge in [-0.05, 0) is 25.7 Å². The predicted molar refractivity (Wildman–Crippen MR) is 87.6 cm³/mol. The summed E-state index contributed by atoms with van der Waals surface area (Å²) in [6.45, 7) is 7.06. The summed E-state index contributed by atoms with van der Waals surface area (Å²) in [5.41, 5.74) is 0.778. The molecule has 1 fully saturated rings. The number of aromatic nitrogens is 1. The monoisotopic (exact) mass is 340 g/mol. The van der Waals surface area contributed by atoms with E-state index >= 15 is 0 Å². The highest BCUT2D eigenvalue weighted by molar-refractivity contribution is 7.13. The molecule has 1 aromatic rings. The number of rotatable bonds is 4. The molecule has 1 aliphatic rings. The molecule has 0 bridgehead atoms. The van der Waals surface area contributed by atoms with Crippen LogP contribution in [0, 0.1) is 12.8 Å². The summed E-state index contributed by atoms with van der Waals surface area (Å²) >= 11 is 1.46. The molecule has 1 aromatic heterocycles. The maximum atomic E-state index is 12.7. The fraction of sp³-hybridized carbons (Fsp3) is 0.688. The van der Waals surface area contributed by atoms with Crippen LogP contribution in [0.25, 0.3) is 0 Å². The van der Waals surface area contributed by atoms with Gasteiger partial charge in [-0.1, -0.05) is 13.8 Å². The fourth-order valence-corrected chi connectivity index (χ4v) is 3.77. The first kappa shape index (κ1) is 17.9. The molecule has 23 heavy (non-hydrogen) atoms. The molecule has 1 saturated heterocycles. The second kappa shape index (κ2) is 7.40. The maximum Gasteiger partial charge on any atom is 0.334 e. The second-order valence-corrected chi connectivity index (χ2v) is 7.25. The number of hydrogen-bond acceptors (Lipinski definition) is 6. The smallest absolute Gasteiger partial charge is 0.334 e. The van der Waals surface area contributed by atoms with Crippen LogP contribution in [0.2, 0.25) is 0 Å². The van der Waals surface area contributed by atoms with Crippen LogP contribution in [-0.2, 0) is 9.53 Å². The van der Waals surface area contributed by atoms with Crippen molar-refractivity contribution in [1.29, 1.82) is 0 Å². The van der Waals surface area contributed by atoms with E-state index in [-0.39, 0.29) is 11.8 Å². The van der Waals surface area contributed by atoms with E-state index < -0.39 is 12.1 Å². The Labute approximate surface area is 140 Å². The average molecular weight is 340 g/mol. The minimum atomic E-state index is -1.10. The Morgan fingerprint density at radius 2 is 1.96 bits per heavy atom. The van der Waals surface area contributed by atoms with Crippen LogP contribution in [0.5, 0.6) is 0 Å². The molecule has 1 N–H and O–H groups in total. The Morgan fingerprint density at radius 3 is 2.43 bits per heavy atom. The van der Waals surface area contributed by atoms with Crippen LogP contribution in [-0.4, -0.2) is 53.2 Å². The van der Waals surface area contributed by atoms with Crippen LogP contribution in [0.3, 0.4) is 0 Å². The van der Waals surface area contributed by atoms with E-state index in [1.54, 1.807) is 4.90 Å². The lowest BCUT2D eigenvalue weighted by atomic mass is 9.91. The summed E-state index contributed by atoms with van der Waals surface area (Å²) < 4.78 is 4.57. The van der Waals surface area contributed by atoms with Crippen molar-refractivity contribution < 1.29 is 19.4 Å². The van der Waals surface area contributed by atoms with Crippen LogP contribution < -0.4 is 0 Å². The molecule has 0 aliphatic carbocycles.